The fourth-order valence-electron chi connectivity index (χ4n) is 2.01. The summed E-state index contributed by atoms with van der Waals surface area (Å²) in [6.07, 6.45) is 3.61. The number of nitrogen functional groups attached to an aromatic ring is 1. The van der Waals surface area contributed by atoms with Gasteiger partial charge in [-0.3, -0.25) is 0 Å². The zero-order chi connectivity index (χ0) is 14.5. The van der Waals surface area contributed by atoms with Crippen molar-refractivity contribution < 1.29 is 0 Å². The van der Waals surface area contributed by atoms with E-state index in [-0.39, 0.29) is 0 Å². The Morgan fingerprint density at radius 3 is 2.45 bits per heavy atom. The maximum absolute atomic E-state index is 5.94. The third-order valence-corrected chi connectivity index (χ3v) is 3.10. The summed E-state index contributed by atoms with van der Waals surface area (Å²) in [7, 11) is 0. The molecule has 0 bridgehead atoms. The molecule has 0 fully saturated rings. The molecule has 0 saturated heterocycles. The fourth-order valence-corrected chi connectivity index (χ4v) is 2.01. The smallest absolute Gasteiger partial charge is 0.0481 e. The van der Waals surface area contributed by atoms with Crippen molar-refractivity contribution >= 4 is 17.8 Å². The lowest BCUT2D eigenvalue weighted by Crippen LogP contribution is -1.91. The largest absolute Gasteiger partial charge is 0.398 e. The van der Waals surface area contributed by atoms with Crippen molar-refractivity contribution in [2.75, 3.05) is 5.73 Å². The van der Waals surface area contributed by atoms with Crippen LogP contribution in [0, 0.1) is 18.8 Å². The van der Waals surface area contributed by atoms with E-state index in [0.717, 1.165) is 27.8 Å². The third kappa shape index (κ3) is 2.81. The van der Waals surface area contributed by atoms with Crippen molar-refractivity contribution in [1.29, 1.82) is 0 Å². The quantitative estimate of drug-likeness (QED) is 0.633. The fraction of sp³-hybridized carbons (Fsp3) is 0.0526. The molecule has 0 heterocycles. The average Bonchev–Trinajstić information content (AvgIpc) is 2.47. The van der Waals surface area contributed by atoms with Gasteiger partial charge < -0.3 is 5.73 Å². The Bertz CT molecular complexity index is 727. The summed E-state index contributed by atoms with van der Waals surface area (Å²) in [5.74, 6) is 6.31. The molecule has 0 atom stereocenters. The first-order valence-corrected chi connectivity index (χ1v) is 6.41. The maximum atomic E-state index is 5.94. The molecule has 2 N–H and O–H groups in total. The molecule has 0 aromatic heterocycles. The third-order valence-electron chi connectivity index (χ3n) is 3.10. The molecular formula is C19H17N. The number of anilines is 1. The number of hydrogen-bond acceptors (Lipinski definition) is 1. The van der Waals surface area contributed by atoms with Gasteiger partial charge in [0.15, 0.2) is 0 Å². The Hall–Kier alpha value is -2.72. The minimum Gasteiger partial charge on any atom is -0.398 e. The first-order chi connectivity index (χ1) is 9.65. The van der Waals surface area contributed by atoms with Crippen LogP contribution in [0.4, 0.5) is 5.69 Å². The van der Waals surface area contributed by atoms with E-state index in [2.05, 4.69) is 25.0 Å². The minimum atomic E-state index is 0.697. The Morgan fingerprint density at radius 1 is 1.00 bits per heavy atom. The normalized spacial score (nSPS) is 9.45. The molecule has 0 saturated carbocycles. The van der Waals surface area contributed by atoms with E-state index in [1.807, 2.05) is 49.4 Å². The summed E-state index contributed by atoms with van der Waals surface area (Å²) in [4.78, 5) is 0. The second-order valence-electron chi connectivity index (χ2n) is 4.56. The van der Waals surface area contributed by atoms with Gasteiger partial charge in [0.25, 0.3) is 0 Å². The van der Waals surface area contributed by atoms with Crippen molar-refractivity contribution in [3.8, 4) is 11.8 Å². The highest BCUT2D eigenvalue weighted by atomic mass is 14.5. The summed E-state index contributed by atoms with van der Waals surface area (Å²) in [5, 5.41) is 0. The lowest BCUT2D eigenvalue weighted by atomic mass is 10.0. The van der Waals surface area contributed by atoms with Gasteiger partial charge in [-0.2, -0.15) is 0 Å². The molecule has 0 aliphatic heterocycles. The summed E-state index contributed by atoms with van der Waals surface area (Å²) >= 11 is 0. The summed E-state index contributed by atoms with van der Waals surface area (Å²) in [6, 6.07) is 11.8. The minimum absolute atomic E-state index is 0.697. The molecular weight excluding hydrogens is 242 g/mol. The molecule has 0 spiro atoms. The van der Waals surface area contributed by atoms with Crippen LogP contribution in [0.15, 0.2) is 49.6 Å². The highest BCUT2D eigenvalue weighted by Gasteiger charge is 2.01. The SMILES string of the molecule is C=Cc1cccc(C#Cc2cc(C)ccc2N)c1C=C. The molecule has 2 aromatic rings. The van der Waals surface area contributed by atoms with Crippen LogP contribution in [0.1, 0.15) is 27.8 Å². The number of rotatable bonds is 2. The molecule has 1 nitrogen and oxygen atoms in total. The topological polar surface area (TPSA) is 26.0 Å². The molecule has 0 aliphatic rings. The van der Waals surface area contributed by atoms with Crippen molar-refractivity contribution in [3.05, 3.63) is 77.4 Å². The number of benzene rings is 2. The van der Waals surface area contributed by atoms with E-state index in [4.69, 9.17) is 5.73 Å². The number of hydrogen-bond donors (Lipinski definition) is 1. The van der Waals surface area contributed by atoms with Gasteiger partial charge in [0, 0.05) is 16.8 Å². The molecule has 1 heteroatoms. The van der Waals surface area contributed by atoms with Gasteiger partial charge in [-0.25, -0.2) is 0 Å². The van der Waals surface area contributed by atoms with E-state index in [1.54, 1.807) is 6.08 Å². The van der Waals surface area contributed by atoms with Crippen LogP contribution >= 0.6 is 0 Å². The Kier molecular flexibility index (Phi) is 4.08. The number of aryl methyl sites for hydroxylation is 1. The Balaban J connectivity index is 2.50. The van der Waals surface area contributed by atoms with Crippen LogP contribution in [0.5, 0.6) is 0 Å². The van der Waals surface area contributed by atoms with Crippen LogP contribution in [-0.2, 0) is 0 Å². The summed E-state index contributed by atoms with van der Waals surface area (Å²) in [5.41, 5.74) is 11.6. The Morgan fingerprint density at radius 2 is 1.75 bits per heavy atom. The van der Waals surface area contributed by atoms with Gasteiger partial charge in [-0.05, 0) is 41.8 Å². The van der Waals surface area contributed by atoms with E-state index in [0.29, 0.717) is 5.69 Å². The highest BCUT2D eigenvalue weighted by Crippen LogP contribution is 2.17. The second kappa shape index (κ2) is 5.95. The van der Waals surface area contributed by atoms with E-state index >= 15 is 0 Å². The van der Waals surface area contributed by atoms with Crippen LogP contribution in [0.2, 0.25) is 0 Å². The zero-order valence-electron chi connectivity index (χ0n) is 11.6. The second-order valence-corrected chi connectivity index (χ2v) is 4.56. The predicted molar refractivity (Wildman–Crippen MR) is 88.2 cm³/mol. The summed E-state index contributed by atoms with van der Waals surface area (Å²) in [6.45, 7) is 9.68. The van der Waals surface area contributed by atoms with E-state index in [1.165, 1.54) is 0 Å². The molecule has 2 aromatic carbocycles. The van der Waals surface area contributed by atoms with E-state index < -0.39 is 0 Å². The summed E-state index contributed by atoms with van der Waals surface area (Å²) < 4.78 is 0. The van der Waals surface area contributed by atoms with Crippen molar-refractivity contribution in [2.24, 2.45) is 0 Å². The van der Waals surface area contributed by atoms with Crippen LogP contribution in [0.3, 0.4) is 0 Å². The molecule has 20 heavy (non-hydrogen) atoms. The van der Waals surface area contributed by atoms with Crippen molar-refractivity contribution in [3.63, 3.8) is 0 Å². The average molecular weight is 259 g/mol. The zero-order valence-corrected chi connectivity index (χ0v) is 11.6. The van der Waals surface area contributed by atoms with Gasteiger partial charge in [-0.15, -0.1) is 0 Å². The standard InChI is InChI=1S/C19H17N/c1-4-15-7-6-8-16(18(15)5-2)10-11-17-13-14(3)9-12-19(17)20/h4-9,12-13H,1-2,20H2,3H3. The molecule has 98 valence electrons. The lowest BCUT2D eigenvalue weighted by Gasteiger charge is -2.03. The monoisotopic (exact) mass is 259 g/mol. The van der Waals surface area contributed by atoms with Gasteiger partial charge in [0.2, 0.25) is 0 Å². The lowest BCUT2D eigenvalue weighted by molar-refractivity contribution is 1.45. The van der Waals surface area contributed by atoms with Crippen molar-refractivity contribution in [1.82, 2.24) is 0 Å². The first kappa shape index (κ1) is 13.7. The molecule has 2 rings (SSSR count). The van der Waals surface area contributed by atoms with E-state index in [9.17, 15) is 0 Å². The molecule has 0 radical (unpaired) electrons. The maximum Gasteiger partial charge on any atom is 0.0481 e. The van der Waals surface area contributed by atoms with Gasteiger partial charge in [-0.1, -0.05) is 55.3 Å². The first-order valence-electron chi connectivity index (χ1n) is 6.41. The van der Waals surface area contributed by atoms with Gasteiger partial charge in [0.05, 0.1) is 0 Å². The molecule has 0 unspecified atom stereocenters. The predicted octanol–water partition coefficient (Wildman–Crippen LogP) is 4.26. The van der Waals surface area contributed by atoms with Gasteiger partial charge >= 0.3 is 0 Å². The van der Waals surface area contributed by atoms with Crippen LogP contribution in [0.25, 0.3) is 12.2 Å². The number of nitrogens with two attached hydrogens (primary N) is 1. The molecule has 0 amide bonds. The Labute approximate surface area is 120 Å². The van der Waals surface area contributed by atoms with Crippen LogP contribution in [-0.4, -0.2) is 0 Å². The van der Waals surface area contributed by atoms with Gasteiger partial charge in [0.1, 0.15) is 0 Å². The van der Waals surface area contributed by atoms with Crippen LogP contribution < -0.4 is 5.73 Å². The highest BCUT2D eigenvalue weighted by molar-refractivity contribution is 5.70. The van der Waals surface area contributed by atoms with Crippen molar-refractivity contribution in [2.45, 2.75) is 6.92 Å². The molecule has 0 aliphatic carbocycles.